The molecule has 172 valence electrons. The maximum Gasteiger partial charge on any atom is 0.264 e. The van der Waals surface area contributed by atoms with E-state index < -0.39 is 0 Å². The van der Waals surface area contributed by atoms with E-state index in [2.05, 4.69) is 17.0 Å². The van der Waals surface area contributed by atoms with Gasteiger partial charge in [-0.05, 0) is 47.9 Å². The van der Waals surface area contributed by atoms with Gasteiger partial charge in [-0.25, -0.2) is 9.83 Å². The first-order chi connectivity index (χ1) is 18.6. The summed E-state index contributed by atoms with van der Waals surface area (Å²) in [5.41, 5.74) is 3.61. The predicted octanol–water partition coefficient (Wildman–Crippen LogP) is 6.81. The molecule has 7 heteroatoms. The van der Waals surface area contributed by atoms with Gasteiger partial charge in [-0.1, -0.05) is 24.3 Å². The predicted molar refractivity (Wildman–Crippen MR) is 144 cm³/mol. The van der Waals surface area contributed by atoms with Crippen LogP contribution >= 0.6 is 0 Å². The molecule has 1 aliphatic heterocycles. The topological polar surface area (TPSA) is 95.5 Å². The van der Waals surface area contributed by atoms with Gasteiger partial charge in [0.2, 0.25) is 5.69 Å². The summed E-state index contributed by atoms with van der Waals surface area (Å²) in [6, 6.07) is 24.2. The van der Waals surface area contributed by atoms with Gasteiger partial charge < -0.3 is 4.74 Å². The second-order valence-corrected chi connectivity index (χ2v) is 9.25. The zero-order chi connectivity index (χ0) is 25.7. The van der Waals surface area contributed by atoms with Gasteiger partial charge in [0.05, 0.1) is 46.3 Å². The van der Waals surface area contributed by atoms with E-state index in [-0.39, 0.29) is 16.8 Å². The molecule has 3 heterocycles. The average molecular weight is 485 g/mol. The smallest absolute Gasteiger partial charge is 0.264 e. The molecule has 0 aliphatic carbocycles. The van der Waals surface area contributed by atoms with Gasteiger partial charge >= 0.3 is 0 Å². The fraction of sp³-hybridized carbons (Fsp3) is 0. The lowest BCUT2D eigenvalue weighted by molar-refractivity contribution is 0.490. The Morgan fingerprint density at radius 3 is 2.55 bits per heavy atom. The van der Waals surface area contributed by atoms with Crippen LogP contribution in [0.3, 0.4) is 0 Å². The third-order valence-corrected chi connectivity index (χ3v) is 7.38. The number of ether oxygens (including phenoxy) is 1. The highest BCUT2D eigenvalue weighted by atomic mass is 16.5. The lowest BCUT2D eigenvalue weighted by Gasteiger charge is -2.25. The highest BCUT2D eigenvalue weighted by molar-refractivity contribution is 6.25. The van der Waals surface area contributed by atoms with E-state index in [0.717, 1.165) is 16.3 Å². The highest BCUT2D eigenvalue weighted by Crippen LogP contribution is 2.54. The lowest BCUT2D eigenvalue weighted by atomic mass is 9.86. The Morgan fingerprint density at radius 1 is 0.921 bits per heavy atom. The van der Waals surface area contributed by atoms with E-state index >= 15 is 0 Å². The van der Waals surface area contributed by atoms with Crippen molar-refractivity contribution in [2.45, 2.75) is 0 Å². The number of hydrogen-bond donors (Lipinski definition) is 0. The van der Waals surface area contributed by atoms with Crippen LogP contribution in [0.15, 0.2) is 71.5 Å². The van der Waals surface area contributed by atoms with Gasteiger partial charge in [-0.2, -0.15) is 10.5 Å². The van der Waals surface area contributed by atoms with Crippen LogP contribution in [0.2, 0.25) is 0 Å². The Labute approximate surface area is 213 Å². The Kier molecular flexibility index (Phi) is 3.64. The minimum absolute atomic E-state index is 0.249. The van der Waals surface area contributed by atoms with Crippen LogP contribution in [-0.2, 0) is 0 Å². The summed E-state index contributed by atoms with van der Waals surface area (Å²) < 4.78 is 7.80. The van der Waals surface area contributed by atoms with Crippen molar-refractivity contribution >= 4 is 54.7 Å². The summed E-state index contributed by atoms with van der Waals surface area (Å²) in [5.74, 6) is 0.741. The molecule has 0 bridgehead atoms. The maximum absolute atomic E-state index is 14.2. The zero-order valence-corrected chi connectivity index (χ0v) is 19.4. The van der Waals surface area contributed by atoms with Gasteiger partial charge in [-0.3, -0.25) is 9.20 Å². The van der Waals surface area contributed by atoms with Gasteiger partial charge in [0.15, 0.2) is 0 Å². The minimum Gasteiger partial charge on any atom is -0.467 e. The molecule has 7 nitrogen and oxygen atoms in total. The molecule has 0 fully saturated rings. The molecule has 5 aromatic carbocycles. The summed E-state index contributed by atoms with van der Waals surface area (Å²) in [7, 11) is 0. The Hall–Kier alpha value is -5.97. The number of benzene rings is 5. The van der Waals surface area contributed by atoms with Crippen molar-refractivity contribution in [3.8, 4) is 34.8 Å². The number of rotatable bonds is 0. The molecular formula is C31H11N5O2. The van der Waals surface area contributed by atoms with Crippen molar-refractivity contribution in [2.75, 3.05) is 0 Å². The number of hydrogen-bond acceptors (Lipinski definition) is 5. The first-order valence-electron chi connectivity index (χ1n) is 11.8. The van der Waals surface area contributed by atoms with Crippen LogP contribution in [0, 0.1) is 29.2 Å². The van der Waals surface area contributed by atoms with Crippen molar-refractivity contribution in [3.63, 3.8) is 0 Å². The number of pyridine rings is 1. The summed E-state index contributed by atoms with van der Waals surface area (Å²) in [6.45, 7) is 7.95. The molecule has 0 atom stereocenters. The number of nitrogens with zero attached hydrogens (tertiary/aromatic N) is 5. The van der Waals surface area contributed by atoms with Crippen LogP contribution in [0.4, 0.5) is 5.69 Å². The molecule has 1 aliphatic rings. The zero-order valence-electron chi connectivity index (χ0n) is 19.4. The molecule has 0 radical (unpaired) electrons. The molecule has 0 unspecified atom stereocenters. The van der Waals surface area contributed by atoms with Crippen LogP contribution in [0.1, 0.15) is 11.1 Å². The van der Waals surface area contributed by atoms with E-state index in [9.17, 15) is 15.3 Å². The first-order valence-corrected chi connectivity index (χ1v) is 11.8. The van der Waals surface area contributed by atoms with Crippen molar-refractivity contribution < 1.29 is 4.74 Å². The second-order valence-electron chi connectivity index (χ2n) is 9.25. The molecule has 0 saturated heterocycles. The molecular weight excluding hydrogens is 474 g/mol. The van der Waals surface area contributed by atoms with Crippen LogP contribution < -0.4 is 10.3 Å². The molecule has 7 aromatic rings. The lowest BCUT2D eigenvalue weighted by Crippen LogP contribution is -2.17. The summed E-state index contributed by atoms with van der Waals surface area (Å²) in [4.78, 5) is 22.9. The van der Waals surface area contributed by atoms with Crippen molar-refractivity contribution in [3.05, 3.63) is 99.6 Å². The summed E-state index contributed by atoms with van der Waals surface area (Å²) >= 11 is 0. The highest BCUT2D eigenvalue weighted by Gasteiger charge is 2.30. The maximum atomic E-state index is 14.2. The van der Waals surface area contributed by atoms with Crippen molar-refractivity contribution in [1.29, 1.82) is 10.5 Å². The van der Waals surface area contributed by atoms with Gasteiger partial charge in [0.25, 0.3) is 5.56 Å². The molecule has 8 rings (SSSR count). The molecule has 0 N–H and O–H groups in total. The number of aromatic nitrogens is 2. The third kappa shape index (κ3) is 2.29. The first kappa shape index (κ1) is 20.2. The molecule has 38 heavy (non-hydrogen) atoms. The van der Waals surface area contributed by atoms with E-state index in [0.29, 0.717) is 60.9 Å². The quantitative estimate of drug-likeness (QED) is 0.134. The summed E-state index contributed by atoms with van der Waals surface area (Å²) in [6.07, 6.45) is 0. The number of fused-ring (bicyclic) bond motifs is 5. The average Bonchev–Trinajstić information content (AvgIpc) is 2.96. The SMILES string of the molecule is [C-]#[N+]c1cc2c3c4c1Oc1ccc(C#N)cc1-c4c(C#N)cc3c(=O)n1c3cccc4cccc(nc21)c43. The van der Waals surface area contributed by atoms with Gasteiger partial charge in [0.1, 0.15) is 17.1 Å². The van der Waals surface area contributed by atoms with E-state index in [1.165, 1.54) is 0 Å². The summed E-state index contributed by atoms with van der Waals surface area (Å²) in [5, 5.41) is 23.6. The fourth-order valence-electron chi connectivity index (χ4n) is 5.85. The van der Waals surface area contributed by atoms with Crippen LogP contribution in [0.5, 0.6) is 11.5 Å². The van der Waals surface area contributed by atoms with Gasteiger partial charge in [-0.15, -0.1) is 0 Å². The monoisotopic (exact) mass is 485 g/mol. The van der Waals surface area contributed by atoms with Gasteiger partial charge in [0, 0.05) is 32.7 Å². The fourth-order valence-corrected chi connectivity index (χ4v) is 5.85. The van der Waals surface area contributed by atoms with E-state index in [4.69, 9.17) is 16.3 Å². The Balaban J connectivity index is 1.71. The van der Waals surface area contributed by atoms with Crippen LogP contribution in [-0.4, -0.2) is 9.38 Å². The van der Waals surface area contributed by atoms with Crippen molar-refractivity contribution in [1.82, 2.24) is 9.38 Å². The van der Waals surface area contributed by atoms with Crippen LogP contribution in [0.25, 0.3) is 65.0 Å². The Bertz CT molecular complexity index is 2430. The molecule has 2 aromatic heterocycles. The van der Waals surface area contributed by atoms with Crippen molar-refractivity contribution in [2.24, 2.45) is 0 Å². The largest absolute Gasteiger partial charge is 0.467 e. The standard InChI is InChI=1S/C31H11N5O2/c1-34-22-12-19-27-20(31(37)36-23-7-3-5-16-4-2-6-21(26(16)23)35-30(19)36)11-17(14-33)25-18-10-15(13-32)8-9-24(18)38-29(22)28(25)27/h2-12H. The molecule has 0 amide bonds. The Morgan fingerprint density at radius 2 is 1.76 bits per heavy atom. The van der Waals surface area contributed by atoms with E-state index in [1.54, 1.807) is 34.7 Å². The normalized spacial score (nSPS) is 11.9. The second kappa shape index (κ2) is 6.83. The minimum atomic E-state index is -0.306. The van der Waals surface area contributed by atoms with E-state index in [1.807, 2.05) is 36.4 Å². The molecule has 0 spiro atoms. The third-order valence-electron chi connectivity index (χ3n) is 7.38. The molecule has 0 saturated carbocycles. The number of nitriles is 2.